The first-order valence-corrected chi connectivity index (χ1v) is 11.1. The Balaban J connectivity index is 1.94. The molecule has 1 aliphatic rings. The van der Waals surface area contributed by atoms with Gasteiger partial charge in [0.1, 0.15) is 5.71 Å². The lowest BCUT2D eigenvalue weighted by Gasteiger charge is -2.19. The van der Waals surface area contributed by atoms with Crippen LogP contribution in [0.15, 0.2) is 53.1 Å². The van der Waals surface area contributed by atoms with Gasteiger partial charge < -0.3 is 4.74 Å². The van der Waals surface area contributed by atoms with Crippen LogP contribution in [0.5, 0.6) is 0 Å². The van der Waals surface area contributed by atoms with E-state index in [1.807, 2.05) is 58.2 Å². The number of benzene rings is 1. The number of amides is 1. The number of carbonyl (C=O) groups excluding carboxylic acids is 1. The highest BCUT2D eigenvalue weighted by Gasteiger charge is 2.20. The summed E-state index contributed by atoms with van der Waals surface area (Å²) >= 11 is 0. The van der Waals surface area contributed by atoms with Gasteiger partial charge in [0.15, 0.2) is 0 Å². The van der Waals surface area contributed by atoms with Gasteiger partial charge in [-0.1, -0.05) is 36.4 Å². The van der Waals surface area contributed by atoms with Crippen molar-refractivity contribution in [1.82, 2.24) is 9.96 Å². The fourth-order valence-corrected chi connectivity index (χ4v) is 3.38. The van der Waals surface area contributed by atoms with E-state index in [1.54, 1.807) is 0 Å². The molecule has 1 aromatic rings. The first-order valence-electron chi connectivity index (χ1n) is 11.1. The second kappa shape index (κ2) is 12.5. The average Bonchev–Trinajstić information content (AvgIpc) is 2.99. The summed E-state index contributed by atoms with van der Waals surface area (Å²) in [6.45, 7) is 12.5. The van der Waals surface area contributed by atoms with Crippen molar-refractivity contribution in [3.63, 3.8) is 0 Å². The second-order valence-corrected chi connectivity index (χ2v) is 8.46. The predicted molar refractivity (Wildman–Crippen MR) is 125 cm³/mol. The van der Waals surface area contributed by atoms with Crippen LogP contribution < -0.4 is 0 Å². The number of ether oxygens (including phenoxy) is 1. The van der Waals surface area contributed by atoms with Crippen molar-refractivity contribution in [1.29, 1.82) is 0 Å². The van der Waals surface area contributed by atoms with Gasteiger partial charge in [0.2, 0.25) is 0 Å². The van der Waals surface area contributed by atoms with Crippen molar-refractivity contribution >= 4 is 11.6 Å². The molecule has 0 atom stereocenters. The maximum Gasteiger partial charge on any atom is 0.295 e. The summed E-state index contributed by atoms with van der Waals surface area (Å²) in [4.78, 5) is 19.4. The fourth-order valence-electron chi connectivity index (χ4n) is 3.38. The maximum atomic E-state index is 12.8. The zero-order valence-electron chi connectivity index (χ0n) is 19.4. The first kappa shape index (κ1) is 25.0. The first-order chi connectivity index (χ1) is 14.8. The van der Waals surface area contributed by atoms with Gasteiger partial charge in [-0.05, 0) is 76.3 Å². The van der Waals surface area contributed by atoms with Crippen molar-refractivity contribution in [2.45, 2.75) is 59.1 Å². The Labute approximate surface area is 186 Å². The van der Waals surface area contributed by atoms with Gasteiger partial charge in [0.05, 0.1) is 19.4 Å². The molecule has 1 aliphatic heterocycles. The third kappa shape index (κ3) is 8.40. The van der Waals surface area contributed by atoms with Gasteiger partial charge in [-0.25, -0.2) is 5.06 Å². The van der Waals surface area contributed by atoms with Crippen molar-refractivity contribution < 1.29 is 14.7 Å². The second-order valence-electron chi connectivity index (χ2n) is 8.46. The summed E-state index contributed by atoms with van der Waals surface area (Å²) in [5.74, 6) is -0.471. The van der Waals surface area contributed by atoms with E-state index in [0.717, 1.165) is 59.6 Å². The van der Waals surface area contributed by atoms with Crippen LogP contribution in [-0.2, 0) is 16.1 Å². The van der Waals surface area contributed by atoms with Crippen molar-refractivity contribution in [2.75, 3.05) is 26.9 Å². The molecule has 2 rings (SSSR count). The standard InChI is InChI=1S/C25H37N3O3/c1-19(2)31-18-27(5)15-9-11-20(3)22-13-8-14-26-24(16-22)25(29)28(30)17-23-12-7-6-10-21(23)4/h6-7,10,12,16,19,30H,3,8-9,11,13-15,17-18H2,1-2,4-5H3. The van der Waals surface area contributed by atoms with Gasteiger partial charge in [-0.3, -0.25) is 19.9 Å². The van der Waals surface area contributed by atoms with Gasteiger partial charge in [-0.2, -0.15) is 0 Å². The average molecular weight is 428 g/mol. The van der Waals surface area contributed by atoms with E-state index in [4.69, 9.17) is 4.74 Å². The molecule has 0 saturated carbocycles. The number of hydroxylamine groups is 2. The third-order valence-corrected chi connectivity index (χ3v) is 5.33. The van der Waals surface area contributed by atoms with Gasteiger partial charge >= 0.3 is 0 Å². The summed E-state index contributed by atoms with van der Waals surface area (Å²) in [7, 11) is 2.05. The van der Waals surface area contributed by atoms with E-state index < -0.39 is 5.91 Å². The van der Waals surface area contributed by atoms with Crippen LogP contribution in [0.25, 0.3) is 0 Å². The normalized spacial score (nSPS) is 14.3. The smallest absolute Gasteiger partial charge is 0.295 e. The zero-order chi connectivity index (χ0) is 22.8. The lowest BCUT2D eigenvalue weighted by Crippen LogP contribution is -2.33. The number of allylic oxidation sites excluding steroid dienone is 2. The largest absolute Gasteiger partial charge is 0.363 e. The monoisotopic (exact) mass is 427 g/mol. The SMILES string of the molecule is C=C(CCCN(C)COC(C)C)C1=CC(C(=O)N(O)Cc2ccccc2C)=NCCC1. The molecule has 0 unspecified atom stereocenters. The highest BCUT2D eigenvalue weighted by Crippen LogP contribution is 2.22. The van der Waals surface area contributed by atoms with Crippen LogP contribution in [0.2, 0.25) is 0 Å². The predicted octanol–water partition coefficient (Wildman–Crippen LogP) is 4.52. The van der Waals surface area contributed by atoms with Crippen molar-refractivity contribution in [3.05, 3.63) is 59.2 Å². The molecule has 0 aliphatic carbocycles. The minimum atomic E-state index is -0.471. The molecule has 1 heterocycles. The Morgan fingerprint density at radius 1 is 1.32 bits per heavy atom. The molecular formula is C25H37N3O3. The lowest BCUT2D eigenvalue weighted by atomic mass is 9.97. The Kier molecular flexibility index (Phi) is 10.1. The zero-order valence-corrected chi connectivity index (χ0v) is 19.4. The highest BCUT2D eigenvalue weighted by atomic mass is 16.5. The van der Waals surface area contributed by atoms with Gasteiger partial charge in [0.25, 0.3) is 5.91 Å². The molecule has 0 radical (unpaired) electrons. The van der Waals surface area contributed by atoms with Crippen LogP contribution in [0, 0.1) is 6.92 Å². The van der Waals surface area contributed by atoms with E-state index in [0.29, 0.717) is 19.0 Å². The molecule has 1 amide bonds. The van der Waals surface area contributed by atoms with E-state index in [1.165, 1.54) is 0 Å². The molecule has 1 aromatic carbocycles. The summed E-state index contributed by atoms with van der Waals surface area (Å²) in [6, 6.07) is 7.71. The number of aliphatic imine (C=N–C) groups is 1. The van der Waals surface area contributed by atoms with Crippen LogP contribution in [0.4, 0.5) is 0 Å². The number of aryl methyl sites for hydroxylation is 1. The molecule has 6 nitrogen and oxygen atoms in total. The van der Waals surface area contributed by atoms with Crippen molar-refractivity contribution in [2.24, 2.45) is 4.99 Å². The fraction of sp³-hybridized carbons (Fsp3) is 0.520. The van der Waals surface area contributed by atoms with E-state index in [9.17, 15) is 10.0 Å². The number of rotatable bonds is 11. The summed E-state index contributed by atoms with van der Waals surface area (Å²) in [6.07, 6.45) is 5.56. The Bertz CT molecular complexity index is 814. The molecule has 1 N–H and O–H groups in total. The van der Waals surface area contributed by atoms with Gasteiger partial charge in [-0.15, -0.1) is 0 Å². The van der Waals surface area contributed by atoms with Crippen LogP contribution in [0.1, 0.15) is 50.7 Å². The summed E-state index contributed by atoms with van der Waals surface area (Å²) in [5, 5.41) is 11.1. The molecule has 170 valence electrons. The van der Waals surface area contributed by atoms with Crippen LogP contribution in [0.3, 0.4) is 0 Å². The minimum Gasteiger partial charge on any atom is -0.363 e. The number of hydrogen-bond acceptors (Lipinski definition) is 5. The number of hydrogen-bond donors (Lipinski definition) is 1. The Morgan fingerprint density at radius 2 is 2.06 bits per heavy atom. The minimum absolute atomic E-state index is 0.138. The van der Waals surface area contributed by atoms with Crippen LogP contribution >= 0.6 is 0 Å². The summed E-state index contributed by atoms with van der Waals surface area (Å²) < 4.78 is 5.62. The molecule has 31 heavy (non-hydrogen) atoms. The third-order valence-electron chi connectivity index (χ3n) is 5.33. The van der Waals surface area contributed by atoms with Gasteiger partial charge in [0, 0.05) is 13.1 Å². The lowest BCUT2D eigenvalue weighted by molar-refractivity contribution is -0.159. The molecule has 6 heteroatoms. The molecule has 0 fully saturated rings. The molecular weight excluding hydrogens is 390 g/mol. The summed E-state index contributed by atoms with van der Waals surface area (Å²) in [5.41, 5.74) is 4.32. The van der Waals surface area contributed by atoms with E-state index in [2.05, 4.69) is 16.5 Å². The Hall–Kier alpha value is -2.28. The maximum absolute atomic E-state index is 12.8. The van der Waals surface area contributed by atoms with Crippen molar-refractivity contribution in [3.8, 4) is 0 Å². The molecule has 0 aromatic heterocycles. The van der Waals surface area contributed by atoms with E-state index >= 15 is 0 Å². The highest BCUT2D eigenvalue weighted by molar-refractivity contribution is 6.43. The molecule has 0 bridgehead atoms. The molecule has 0 saturated heterocycles. The number of carbonyl (C=O) groups is 1. The molecule has 0 spiro atoms. The topological polar surface area (TPSA) is 65.4 Å². The number of nitrogens with zero attached hydrogens (tertiary/aromatic N) is 3. The van der Waals surface area contributed by atoms with E-state index in [-0.39, 0.29) is 12.6 Å². The van der Waals surface area contributed by atoms with Crippen LogP contribution in [-0.4, -0.2) is 59.8 Å². The Morgan fingerprint density at radius 3 is 2.77 bits per heavy atom. The quantitative estimate of drug-likeness (QED) is 0.320.